The zero-order valence-electron chi connectivity index (χ0n) is 7.77. The van der Waals surface area contributed by atoms with Crippen LogP contribution in [0.25, 0.3) is 0 Å². The van der Waals surface area contributed by atoms with Gasteiger partial charge < -0.3 is 9.47 Å². The lowest BCUT2D eigenvalue weighted by molar-refractivity contribution is -0.158. The zero-order valence-corrected chi connectivity index (χ0v) is 7.77. The van der Waals surface area contributed by atoms with Crippen molar-refractivity contribution in [3.8, 4) is 0 Å². The zero-order chi connectivity index (χ0) is 9.97. The second-order valence-electron chi connectivity index (χ2n) is 3.51. The quantitative estimate of drug-likeness (QED) is 0.422. The van der Waals surface area contributed by atoms with Crippen LogP contribution in [0.3, 0.4) is 0 Å². The van der Waals surface area contributed by atoms with Crippen molar-refractivity contribution in [2.24, 2.45) is 11.8 Å². The summed E-state index contributed by atoms with van der Waals surface area (Å²) >= 11 is 0. The van der Waals surface area contributed by atoms with Crippen molar-refractivity contribution >= 4 is 11.9 Å². The highest BCUT2D eigenvalue weighted by molar-refractivity contribution is 5.78. The summed E-state index contributed by atoms with van der Waals surface area (Å²) in [6.07, 6.45) is 4.86. The first-order valence-electron chi connectivity index (χ1n) is 4.79. The molecule has 1 aliphatic carbocycles. The monoisotopic (exact) mass is 196 g/mol. The van der Waals surface area contributed by atoms with Crippen LogP contribution in [0.2, 0.25) is 0 Å². The van der Waals surface area contributed by atoms with Gasteiger partial charge in [0.15, 0.2) is 0 Å². The van der Waals surface area contributed by atoms with E-state index in [0.29, 0.717) is 12.8 Å². The van der Waals surface area contributed by atoms with E-state index in [9.17, 15) is 9.59 Å². The average Bonchev–Trinajstić information content (AvgIpc) is 2.23. The van der Waals surface area contributed by atoms with Gasteiger partial charge in [0, 0.05) is 0 Å². The molecule has 0 aromatic rings. The molecule has 0 saturated carbocycles. The third-order valence-corrected chi connectivity index (χ3v) is 2.54. The standard InChI is InChI=1S/C10H12O4/c11-9-7-1-2-8(4-3-7)10(12)14-6-5-13-9/h1-2,7-8H,3-6H2. The van der Waals surface area contributed by atoms with Crippen LogP contribution in [0.5, 0.6) is 0 Å². The Morgan fingerprint density at radius 1 is 0.929 bits per heavy atom. The van der Waals surface area contributed by atoms with Crippen LogP contribution >= 0.6 is 0 Å². The summed E-state index contributed by atoms with van der Waals surface area (Å²) in [5.74, 6) is -0.760. The minimum atomic E-state index is -0.211. The fourth-order valence-electron chi connectivity index (χ4n) is 1.71. The first kappa shape index (κ1) is 9.24. The van der Waals surface area contributed by atoms with E-state index in [1.54, 1.807) is 12.2 Å². The number of hydrogen-bond acceptors (Lipinski definition) is 4. The van der Waals surface area contributed by atoms with E-state index in [-0.39, 0.29) is 37.0 Å². The SMILES string of the molecule is O=C1OCCOC(=O)C2C=CC1CC2. The summed E-state index contributed by atoms with van der Waals surface area (Å²) in [5, 5.41) is 0. The topological polar surface area (TPSA) is 52.6 Å². The molecule has 0 aromatic heterocycles. The van der Waals surface area contributed by atoms with Gasteiger partial charge in [0.2, 0.25) is 0 Å². The second-order valence-corrected chi connectivity index (χ2v) is 3.51. The average molecular weight is 196 g/mol. The molecular weight excluding hydrogens is 184 g/mol. The third kappa shape index (κ3) is 1.78. The lowest BCUT2D eigenvalue weighted by Gasteiger charge is -2.22. The molecule has 2 unspecified atom stereocenters. The van der Waals surface area contributed by atoms with Crippen molar-refractivity contribution in [3.05, 3.63) is 12.2 Å². The molecule has 1 fully saturated rings. The molecule has 1 saturated heterocycles. The molecule has 4 nitrogen and oxygen atoms in total. The van der Waals surface area contributed by atoms with E-state index in [1.807, 2.05) is 0 Å². The molecule has 3 aliphatic rings. The molecule has 0 amide bonds. The predicted octanol–water partition coefficient (Wildman–Crippen LogP) is 0.669. The highest BCUT2D eigenvalue weighted by Gasteiger charge is 2.28. The third-order valence-electron chi connectivity index (χ3n) is 2.54. The summed E-state index contributed by atoms with van der Waals surface area (Å²) in [7, 11) is 0. The van der Waals surface area contributed by atoms with Crippen LogP contribution in [-0.2, 0) is 19.1 Å². The molecule has 0 spiro atoms. The predicted molar refractivity (Wildman–Crippen MR) is 47.3 cm³/mol. The maximum Gasteiger partial charge on any atom is 0.312 e. The molecule has 2 aliphatic heterocycles. The lowest BCUT2D eigenvalue weighted by Crippen LogP contribution is -2.28. The summed E-state index contributed by atoms with van der Waals surface area (Å²) in [6, 6.07) is 0. The van der Waals surface area contributed by atoms with Gasteiger partial charge in [-0.25, -0.2) is 0 Å². The van der Waals surface area contributed by atoms with Gasteiger partial charge in [0.1, 0.15) is 13.2 Å². The number of carbonyl (C=O) groups is 2. The number of carbonyl (C=O) groups excluding carboxylic acids is 2. The van der Waals surface area contributed by atoms with Gasteiger partial charge in [-0.05, 0) is 12.8 Å². The molecule has 2 heterocycles. The molecule has 14 heavy (non-hydrogen) atoms. The Hall–Kier alpha value is -1.32. The van der Waals surface area contributed by atoms with Gasteiger partial charge in [-0.15, -0.1) is 0 Å². The van der Waals surface area contributed by atoms with Crippen molar-refractivity contribution in [1.29, 1.82) is 0 Å². The highest BCUT2D eigenvalue weighted by Crippen LogP contribution is 2.24. The summed E-state index contributed by atoms with van der Waals surface area (Å²) in [4.78, 5) is 22.7. The number of rotatable bonds is 0. The van der Waals surface area contributed by atoms with Crippen molar-refractivity contribution in [2.75, 3.05) is 13.2 Å². The smallest absolute Gasteiger partial charge is 0.312 e. The second kappa shape index (κ2) is 3.82. The van der Waals surface area contributed by atoms with Crippen LogP contribution in [0.15, 0.2) is 12.2 Å². The van der Waals surface area contributed by atoms with Gasteiger partial charge in [0.25, 0.3) is 0 Å². The summed E-state index contributed by atoms with van der Waals surface area (Å²) < 4.78 is 9.85. The number of esters is 2. The first-order valence-corrected chi connectivity index (χ1v) is 4.79. The van der Waals surface area contributed by atoms with Crippen LogP contribution < -0.4 is 0 Å². The normalized spacial score (nSPS) is 32.3. The Kier molecular flexibility index (Phi) is 2.52. The molecule has 0 radical (unpaired) electrons. The molecule has 3 rings (SSSR count). The number of fused-ring (bicyclic) bond motifs is 6. The molecule has 2 bridgehead atoms. The van der Waals surface area contributed by atoms with E-state index in [0.717, 1.165) is 0 Å². The van der Waals surface area contributed by atoms with Crippen LogP contribution in [-0.4, -0.2) is 25.2 Å². The summed E-state index contributed by atoms with van der Waals surface area (Å²) in [5.41, 5.74) is 0. The Labute approximate surface area is 81.9 Å². The van der Waals surface area contributed by atoms with E-state index in [2.05, 4.69) is 0 Å². The first-order chi connectivity index (χ1) is 6.77. The van der Waals surface area contributed by atoms with Gasteiger partial charge in [-0.2, -0.15) is 0 Å². The maximum absolute atomic E-state index is 11.4. The van der Waals surface area contributed by atoms with Crippen LogP contribution in [0.4, 0.5) is 0 Å². The van der Waals surface area contributed by atoms with Gasteiger partial charge >= 0.3 is 11.9 Å². The number of ether oxygens (including phenoxy) is 2. The van der Waals surface area contributed by atoms with Crippen molar-refractivity contribution in [3.63, 3.8) is 0 Å². The fourth-order valence-corrected chi connectivity index (χ4v) is 1.71. The maximum atomic E-state index is 11.4. The van der Waals surface area contributed by atoms with Crippen molar-refractivity contribution < 1.29 is 19.1 Å². The Balaban J connectivity index is 2.15. The Morgan fingerprint density at radius 3 is 1.71 bits per heavy atom. The van der Waals surface area contributed by atoms with E-state index in [1.165, 1.54) is 0 Å². The van der Waals surface area contributed by atoms with Gasteiger partial charge in [-0.1, -0.05) is 12.2 Å². The van der Waals surface area contributed by atoms with Gasteiger partial charge in [0.05, 0.1) is 11.8 Å². The number of hydrogen-bond donors (Lipinski definition) is 0. The van der Waals surface area contributed by atoms with Crippen molar-refractivity contribution in [1.82, 2.24) is 0 Å². The molecule has 2 atom stereocenters. The van der Waals surface area contributed by atoms with E-state index < -0.39 is 0 Å². The largest absolute Gasteiger partial charge is 0.462 e. The fraction of sp³-hybridized carbons (Fsp3) is 0.600. The minimum Gasteiger partial charge on any atom is -0.462 e. The molecule has 4 heteroatoms. The Bertz CT molecular complexity index is 254. The lowest BCUT2D eigenvalue weighted by atomic mass is 9.88. The summed E-state index contributed by atoms with van der Waals surface area (Å²) in [6.45, 7) is 0.337. The Morgan fingerprint density at radius 2 is 1.36 bits per heavy atom. The van der Waals surface area contributed by atoms with Crippen LogP contribution in [0.1, 0.15) is 12.8 Å². The van der Waals surface area contributed by atoms with Crippen LogP contribution in [0, 0.1) is 11.8 Å². The molecule has 0 N–H and O–H groups in total. The van der Waals surface area contributed by atoms with E-state index in [4.69, 9.17) is 9.47 Å². The minimum absolute atomic E-state index is 0.168. The van der Waals surface area contributed by atoms with E-state index >= 15 is 0 Å². The molecule has 0 aromatic carbocycles. The molecular formula is C10H12O4. The van der Waals surface area contributed by atoms with Crippen molar-refractivity contribution in [2.45, 2.75) is 12.8 Å². The molecule has 76 valence electrons. The highest BCUT2D eigenvalue weighted by atomic mass is 16.6. The van der Waals surface area contributed by atoms with Gasteiger partial charge in [-0.3, -0.25) is 9.59 Å².